The zero-order valence-corrected chi connectivity index (χ0v) is 9.81. The molecule has 0 aliphatic heterocycles. The van der Waals surface area contributed by atoms with E-state index in [4.69, 9.17) is 22.7 Å². The van der Waals surface area contributed by atoms with Crippen molar-refractivity contribution < 1.29 is 0 Å². The van der Waals surface area contributed by atoms with Crippen LogP contribution >= 0.6 is 11.6 Å². The summed E-state index contributed by atoms with van der Waals surface area (Å²) in [7, 11) is 0. The topological polar surface area (TPSA) is 74.8 Å². The van der Waals surface area contributed by atoms with E-state index in [9.17, 15) is 0 Å². The van der Waals surface area contributed by atoms with Crippen LogP contribution < -0.4 is 11.1 Å². The van der Waals surface area contributed by atoms with Crippen LogP contribution in [0.15, 0.2) is 12.3 Å². The summed E-state index contributed by atoms with van der Waals surface area (Å²) in [6.45, 7) is 6.02. The van der Waals surface area contributed by atoms with Crippen molar-refractivity contribution >= 4 is 23.3 Å². The Morgan fingerprint density at radius 2 is 2.13 bits per heavy atom. The molecule has 0 atom stereocenters. The van der Waals surface area contributed by atoms with Crippen molar-refractivity contribution in [3.63, 3.8) is 0 Å². The second-order valence-corrected chi connectivity index (χ2v) is 4.69. The van der Waals surface area contributed by atoms with Crippen LogP contribution in [0, 0.1) is 5.41 Å². The molecule has 0 fully saturated rings. The Kier molecular flexibility index (Phi) is 3.19. The van der Waals surface area contributed by atoms with Gasteiger partial charge in [-0.2, -0.15) is 0 Å². The average molecular weight is 227 g/mol. The van der Waals surface area contributed by atoms with E-state index in [1.54, 1.807) is 12.3 Å². The van der Waals surface area contributed by atoms with E-state index in [2.05, 4.69) is 10.3 Å². The molecule has 4 N–H and O–H groups in total. The van der Waals surface area contributed by atoms with Crippen LogP contribution in [0.1, 0.15) is 26.3 Å². The van der Waals surface area contributed by atoms with E-state index in [0.717, 1.165) is 0 Å². The standard InChI is InChI=1S/C10H15ClN4/c1-10(2,3)15-9-7(11)6(8(12)13)4-5-14-9/h4-5H,1-3H3,(H3,12,13)(H,14,15). The highest BCUT2D eigenvalue weighted by Crippen LogP contribution is 2.25. The SMILES string of the molecule is CC(C)(C)Nc1nccc(C(=N)N)c1Cl. The molecule has 0 saturated carbocycles. The van der Waals surface area contributed by atoms with Crippen molar-refractivity contribution in [3.05, 3.63) is 22.8 Å². The van der Waals surface area contributed by atoms with Crippen molar-refractivity contribution in [2.75, 3.05) is 5.32 Å². The summed E-state index contributed by atoms with van der Waals surface area (Å²) < 4.78 is 0. The summed E-state index contributed by atoms with van der Waals surface area (Å²) in [5, 5.41) is 10.9. The van der Waals surface area contributed by atoms with E-state index in [1.165, 1.54) is 0 Å². The normalized spacial score (nSPS) is 11.2. The first-order valence-corrected chi connectivity index (χ1v) is 4.96. The molecule has 0 radical (unpaired) electrons. The maximum atomic E-state index is 7.34. The number of anilines is 1. The summed E-state index contributed by atoms with van der Waals surface area (Å²) in [6, 6.07) is 1.62. The number of hydrogen-bond acceptors (Lipinski definition) is 3. The lowest BCUT2D eigenvalue weighted by Gasteiger charge is -2.22. The summed E-state index contributed by atoms with van der Waals surface area (Å²) in [5.74, 6) is 0.497. The van der Waals surface area contributed by atoms with Crippen LogP contribution in [0.5, 0.6) is 0 Å². The third kappa shape index (κ3) is 3.09. The molecule has 0 aromatic carbocycles. The zero-order valence-electron chi connectivity index (χ0n) is 9.06. The second-order valence-electron chi connectivity index (χ2n) is 4.31. The third-order valence-electron chi connectivity index (χ3n) is 1.67. The highest BCUT2D eigenvalue weighted by Gasteiger charge is 2.15. The van der Waals surface area contributed by atoms with Gasteiger partial charge in [0.2, 0.25) is 0 Å². The van der Waals surface area contributed by atoms with E-state index in [1.807, 2.05) is 20.8 Å². The number of nitrogen functional groups attached to an aromatic ring is 1. The number of halogens is 1. The molecule has 1 rings (SSSR count). The number of hydrogen-bond donors (Lipinski definition) is 3. The van der Waals surface area contributed by atoms with Gasteiger partial charge >= 0.3 is 0 Å². The van der Waals surface area contributed by atoms with Gasteiger partial charge < -0.3 is 11.1 Å². The largest absolute Gasteiger partial charge is 0.384 e. The third-order valence-corrected chi connectivity index (χ3v) is 2.06. The molecule has 0 unspecified atom stereocenters. The van der Waals surface area contributed by atoms with Gasteiger partial charge in [0.1, 0.15) is 11.7 Å². The Bertz CT molecular complexity index is 381. The van der Waals surface area contributed by atoms with Crippen LogP contribution in [-0.2, 0) is 0 Å². The fourth-order valence-electron chi connectivity index (χ4n) is 1.09. The van der Waals surface area contributed by atoms with Gasteiger partial charge in [-0.1, -0.05) is 11.6 Å². The maximum Gasteiger partial charge on any atom is 0.145 e. The molecule has 4 nitrogen and oxygen atoms in total. The van der Waals surface area contributed by atoms with Gasteiger partial charge in [-0.3, -0.25) is 5.41 Å². The Hall–Kier alpha value is -1.29. The van der Waals surface area contributed by atoms with E-state index in [0.29, 0.717) is 16.4 Å². The van der Waals surface area contributed by atoms with E-state index in [-0.39, 0.29) is 11.4 Å². The molecule has 0 aliphatic rings. The Morgan fingerprint density at radius 1 is 1.53 bits per heavy atom. The van der Waals surface area contributed by atoms with Gasteiger partial charge in [0, 0.05) is 17.3 Å². The van der Waals surface area contributed by atoms with Crippen molar-refractivity contribution in [2.24, 2.45) is 5.73 Å². The number of amidine groups is 1. The lowest BCUT2D eigenvalue weighted by atomic mass is 10.1. The Morgan fingerprint density at radius 3 is 2.60 bits per heavy atom. The summed E-state index contributed by atoms with van der Waals surface area (Å²) >= 11 is 6.06. The molecule has 5 heteroatoms. The predicted octanol–water partition coefficient (Wildman–Crippen LogP) is 2.23. The van der Waals surface area contributed by atoms with Crippen LogP contribution in [-0.4, -0.2) is 16.4 Å². The molecular formula is C10H15ClN4. The summed E-state index contributed by atoms with van der Waals surface area (Å²) in [6.07, 6.45) is 1.58. The second kappa shape index (κ2) is 4.06. The molecule has 0 aliphatic carbocycles. The molecule has 1 aromatic rings. The highest BCUT2D eigenvalue weighted by atomic mass is 35.5. The molecule has 0 spiro atoms. The van der Waals surface area contributed by atoms with Crippen molar-refractivity contribution in [1.29, 1.82) is 5.41 Å². The van der Waals surface area contributed by atoms with Crippen LogP contribution in [0.3, 0.4) is 0 Å². The lowest BCUT2D eigenvalue weighted by molar-refractivity contribution is 0.630. The molecule has 82 valence electrons. The predicted molar refractivity (Wildman–Crippen MR) is 63.6 cm³/mol. The minimum Gasteiger partial charge on any atom is -0.384 e. The number of pyridine rings is 1. The number of rotatable bonds is 2. The Labute approximate surface area is 94.4 Å². The van der Waals surface area contributed by atoms with Gasteiger partial charge in [0.05, 0.1) is 5.02 Å². The van der Waals surface area contributed by atoms with Crippen molar-refractivity contribution in [2.45, 2.75) is 26.3 Å². The molecule has 1 heterocycles. The van der Waals surface area contributed by atoms with E-state index < -0.39 is 0 Å². The monoisotopic (exact) mass is 226 g/mol. The average Bonchev–Trinajstić information content (AvgIpc) is 2.05. The quantitative estimate of drug-likeness (QED) is 0.535. The molecule has 1 aromatic heterocycles. The minimum absolute atomic E-state index is 0.0561. The van der Waals surface area contributed by atoms with Crippen LogP contribution in [0.25, 0.3) is 0 Å². The first kappa shape index (κ1) is 11.8. The molecule has 15 heavy (non-hydrogen) atoms. The van der Waals surface area contributed by atoms with Gasteiger partial charge in [0.25, 0.3) is 0 Å². The fourth-order valence-corrected chi connectivity index (χ4v) is 1.35. The molecule has 0 bridgehead atoms. The first-order valence-electron chi connectivity index (χ1n) is 4.58. The number of nitrogens with zero attached hydrogens (tertiary/aromatic N) is 1. The van der Waals surface area contributed by atoms with Crippen molar-refractivity contribution in [3.8, 4) is 0 Å². The van der Waals surface area contributed by atoms with Gasteiger partial charge in [-0.25, -0.2) is 4.98 Å². The first-order chi connectivity index (χ1) is 6.81. The smallest absolute Gasteiger partial charge is 0.145 e. The van der Waals surface area contributed by atoms with Gasteiger partial charge in [-0.05, 0) is 26.8 Å². The maximum absolute atomic E-state index is 7.34. The minimum atomic E-state index is -0.133. The molecule has 0 amide bonds. The Balaban J connectivity index is 3.10. The van der Waals surface area contributed by atoms with E-state index >= 15 is 0 Å². The van der Waals surface area contributed by atoms with Crippen molar-refractivity contribution in [1.82, 2.24) is 4.98 Å². The zero-order chi connectivity index (χ0) is 11.6. The van der Waals surface area contributed by atoms with Crippen LogP contribution in [0.4, 0.5) is 5.82 Å². The van der Waals surface area contributed by atoms with Crippen LogP contribution in [0.2, 0.25) is 5.02 Å². The number of aromatic nitrogens is 1. The molecule has 0 saturated heterocycles. The fraction of sp³-hybridized carbons (Fsp3) is 0.400. The summed E-state index contributed by atoms with van der Waals surface area (Å²) in [5.41, 5.74) is 5.76. The number of nitrogens with two attached hydrogens (primary N) is 1. The lowest BCUT2D eigenvalue weighted by Crippen LogP contribution is -2.27. The van der Waals surface area contributed by atoms with Gasteiger partial charge in [0.15, 0.2) is 0 Å². The summed E-state index contributed by atoms with van der Waals surface area (Å²) in [4.78, 5) is 4.11. The number of nitrogens with one attached hydrogen (secondary N) is 2. The highest BCUT2D eigenvalue weighted by molar-refractivity contribution is 6.36. The molecular weight excluding hydrogens is 212 g/mol. The van der Waals surface area contributed by atoms with Gasteiger partial charge in [-0.15, -0.1) is 0 Å².